The van der Waals surface area contributed by atoms with Crippen molar-refractivity contribution in [3.63, 3.8) is 0 Å². The smallest absolute Gasteiger partial charge is 0.154 e. The van der Waals surface area contributed by atoms with Crippen molar-refractivity contribution in [2.45, 2.75) is 12.6 Å². The molecule has 0 N–H and O–H groups in total. The zero-order valence-corrected chi connectivity index (χ0v) is 8.34. The second kappa shape index (κ2) is 3.51. The average molecular weight is 200 g/mol. The number of rotatable bonds is 1. The van der Waals surface area contributed by atoms with Gasteiger partial charge in [0.05, 0.1) is 24.0 Å². The van der Waals surface area contributed by atoms with E-state index in [2.05, 4.69) is 27.8 Å². The third-order valence-corrected chi connectivity index (χ3v) is 2.63. The maximum absolute atomic E-state index is 5.67. The van der Waals surface area contributed by atoms with Gasteiger partial charge in [-0.3, -0.25) is 0 Å². The quantitative estimate of drug-likeness (QED) is 0.661. The summed E-state index contributed by atoms with van der Waals surface area (Å²) in [4.78, 5) is 4.34. The molecule has 0 saturated heterocycles. The minimum Gasteiger partial charge on any atom is -0.354 e. The van der Waals surface area contributed by atoms with E-state index in [1.165, 1.54) is 0 Å². The predicted octanol–water partition coefficient (Wildman–Crippen LogP) is 2.51. The molecule has 0 spiro atoms. The fourth-order valence-corrected chi connectivity index (χ4v) is 1.88. The SMILES string of the molecule is C1=CC(n2cnc3ccccc32)OCC1. The molecule has 1 atom stereocenters. The molecule has 0 bridgehead atoms. The van der Waals surface area contributed by atoms with Gasteiger partial charge < -0.3 is 9.30 Å². The molecule has 3 heteroatoms. The highest BCUT2D eigenvalue weighted by atomic mass is 16.5. The summed E-state index contributed by atoms with van der Waals surface area (Å²) in [6, 6.07) is 8.09. The lowest BCUT2D eigenvalue weighted by Crippen LogP contribution is -2.13. The van der Waals surface area contributed by atoms with Gasteiger partial charge >= 0.3 is 0 Å². The van der Waals surface area contributed by atoms with Crippen molar-refractivity contribution >= 4 is 11.0 Å². The lowest BCUT2D eigenvalue weighted by molar-refractivity contribution is 0.0348. The second-order valence-electron chi connectivity index (χ2n) is 3.62. The molecule has 2 heterocycles. The molecular weight excluding hydrogens is 188 g/mol. The van der Waals surface area contributed by atoms with E-state index in [-0.39, 0.29) is 6.23 Å². The summed E-state index contributed by atoms with van der Waals surface area (Å²) in [7, 11) is 0. The summed E-state index contributed by atoms with van der Waals surface area (Å²) in [6.07, 6.45) is 7.08. The highest BCUT2D eigenvalue weighted by Gasteiger charge is 2.12. The first-order valence-electron chi connectivity index (χ1n) is 5.15. The molecule has 0 fully saturated rings. The van der Waals surface area contributed by atoms with Gasteiger partial charge in [-0.15, -0.1) is 0 Å². The van der Waals surface area contributed by atoms with E-state index in [1.54, 1.807) is 0 Å². The third kappa shape index (κ3) is 1.45. The Labute approximate surface area is 88.0 Å². The van der Waals surface area contributed by atoms with Gasteiger partial charge in [-0.1, -0.05) is 18.2 Å². The molecule has 15 heavy (non-hydrogen) atoms. The lowest BCUT2D eigenvalue weighted by Gasteiger charge is -2.19. The first-order valence-corrected chi connectivity index (χ1v) is 5.15. The monoisotopic (exact) mass is 200 g/mol. The molecule has 0 amide bonds. The van der Waals surface area contributed by atoms with E-state index < -0.39 is 0 Å². The number of ether oxygens (including phenoxy) is 1. The summed E-state index contributed by atoms with van der Waals surface area (Å²) in [6.45, 7) is 0.785. The van der Waals surface area contributed by atoms with E-state index in [4.69, 9.17) is 4.74 Å². The summed E-state index contributed by atoms with van der Waals surface area (Å²) in [5.41, 5.74) is 2.13. The number of hydrogen-bond donors (Lipinski definition) is 0. The highest BCUT2D eigenvalue weighted by molar-refractivity contribution is 5.75. The number of hydrogen-bond acceptors (Lipinski definition) is 2. The van der Waals surface area contributed by atoms with Crippen molar-refractivity contribution in [3.8, 4) is 0 Å². The van der Waals surface area contributed by atoms with Gasteiger partial charge in [0.25, 0.3) is 0 Å². The van der Waals surface area contributed by atoms with E-state index >= 15 is 0 Å². The lowest BCUT2D eigenvalue weighted by atomic mass is 10.3. The largest absolute Gasteiger partial charge is 0.354 e. The third-order valence-electron chi connectivity index (χ3n) is 2.63. The van der Waals surface area contributed by atoms with Crippen LogP contribution in [0.25, 0.3) is 11.0 Å². The molecule has 76 valence electrons. The summed E-state index contributed by atoms with van der Waals surface area (Å²) >= 11 is 0. The molecular formula is C12H12N2O. The number of nitrogens with zero attached hydrogens (tertiary/aromatic N) is 2. The van der Waals surface area contributed by atoms with Crippen molar-refractivity contribution in [2.24, 2.45) is 0 Å². The van der Waals surface area contributed by atoms with E-state index in [0.29, 0.717) is 0 Å². The Balaban J connectivity index is 2.10. The molecule has 1 unspecified atom stereocenters. The van der Waals surface area contributed by atoms with Crippen LogP contribution >= 0.6 is 0 Å². The standard InChI is InChI=1S/C12H12N2O/c1-2-6-11-10(5-1)13-9-14(11)12-7-3-4-8-15-12/h1-3,5-7,9,12H,4,8H2. The number of aromatic nitrogens is 2. The fraction of sp³-hybridized carbons (Fsp3) is 0.250. The average Bonchev–Trinajstić information content (AvgIpc) is 2.74. The van der Waals surface area contributed by atoms with Crippen molar-refractivity contribution in [1.82, 2.24) is 9.55 Å². The topological polar surface area (TPSA) is 27.1 Å². The van der Waals surface area contributed by atoms with Crippen LogP contribution in [0.5, 0.6) is 0 Å². The van der Waals surface area contributed by atoms with Gasteiger partial charge in [0.2, 0.25) is 0 Å². The van der Waals surface area contributed by atoms with Gasteiger partial charge in [0.1, 0.15) is 0 Å². The Bertz CT molecular complexity index is 501. The van der Waals surface area contributed by atoms with E-state index in [1.807, 2.05) is 24.5 Å². The van der Waals surface area contributed by atoms with Crippen LogP contribution in [0, 0.1) is 0 Å². The van der Waals surface area contributed by atoms with Crippen molar-refractivity contribution in [3.05, 3.63) is 42.7 Å². The van der Waals surface area contributed by atoms with Crippen LogP contribution < -0.4 is 0 Å². The molecule has 0 aliphatic carbocycles. The zero-order valence-electron chi connectivity index (χ0n) is 8.34. The van der Waals surface area contributed by atoms with Crippen LogP contribution in [-0.4, -0.2) is 16.2 Å². The van der Waals surface area contributed by atoms with Gasteiger partial charge in [0.15, 0.2) is 6.23 Å². The molecule has 3 nitrogen and oxygen atoms in total. The van der Waals surface area contributed by atoms with E-state index in [9.17, 15) is 0 Å². The maximum Gasteiger partial charge on any atom is 0.154 e. The minimum atomic E-state index is 0.00569. The van der Waals surface area contributed by atoms with Gasteiger partial charge in [-0.2, -0.15) is 0 Å². The fourth-order valence-electron chi connectivity index (χ4n) is 1.88. The van der Waals surface area contributed by atoms with Crippen LogP contribution in [-0.2, 0) is 4.74 Å². The van der Waals surface area contributed by atoms with Crippen molar-refractivity contribution < 1.29 is 4.74 Å². The van der Waals surface area contributed by atoms with Crippen LogP contribution in [0.4, 0.5) is 0 Å². The zero-order chi connectivity index (χ0) is 10.1. The summed E-state index contributed by atoms with van der Waals surface area (Å²) in [5, 5.41) is 0. The maximum atomic E-state index is 5.67. The molecule has 0 saturated carbocycles. The summed E-state index contributed by atoms with van der Waals surface area (Å²) < 4.78 is 7.73. The Hall–Kier alpha value is -1.61. The van der Waals surface area contributed by atoms with Crippen LogP contribution in [0.1, 0.15) is 12.6 Å². The number of para-hydroxylation sites is 2. The van der Waals surface area contributed by atoms with Gasteiger partial charge in [-0.25, -0.2) is 4.98 Å². The molecule has 1 aliphatic rings. The Kier molecular flexibility index (Phi) is 2.03. The highest BCUT2D eigenvalue weighted by Crippen LogP contribution is 2.21. The Morgan fingerprint density at radius 1 is 1.33 bits per heavy atom. The van der Waals surface area contributed by atoms with Gasteiger partial charge in [0, 0.05) is 0 Å². The van der Waals surface area contributed by atoms with E-state index in [0.717, 1.165) is 24.1 Å². The van der Waals surface area contributed by atoms with Crippen LogP contribution in [0.2, 0.25) is 0 Å². The minimum absolute atomic E-state index is 0.00569. The molecule has 0 radical (unpaired) electrons. The summed E-state index contributed by atoms with van der Waals surface area (Å²) in [5.74, 6) is 0. The van der Waals surface area contributed by atoms with Crippen LogP contribution in [0.3, 0.4) is 0 Å². The molecule has 1 aliphatic heterocycles. The predicted molar refractivity (Wildman–Crippen MR) is 58.5 cm³/mol. The Morgan fingerprint density at radius 3 is 3.13 bits per heavy atom. The normalized spacial score (nSPS) is 20.9. The van der Waals surface area contributed by atoms with Crippen molar-refractivity contribution in [2.75, 3.05) is 6.61 Å². The number of fused-ring (bicyclic) bond motifs is 1. The van der Waals surface area contributed by atoms with Crippen molar-refractivity contribution in [1.29, 1.82) is 0 Å². The number of benzene rings is 1. The molecule has 2 aromatic rings. The molecule has 1 aromatic carbocycles. The molecule has 3 rings (SSSR count). The second-order valence-corrected chi connectivity index (χ2v) is 3.62. The first-order chi connectivity index (χ1) is 7.45. The Morgan fingerprint density at radius 2 is 2.27 bits per heavy atom. The van der Waals surface area contributed by atoms with Gasteiger partial charge in [-0.05, 0) is 24.6 Å². The first kappa shape index (κ1) is 8.68. The number of imidazole rings is 1. The molecule has 1 aromatic heterocycles. The van der Waals surface area contributed by atoms with Crippen LogP contribution in [0.15, 0.2) is 42.7 Å².